The average Bonchev–Trinajstić information content (AvgIpc) is 2.46. The highest BCUT2D eigenvalue weighted by Gasteiger charge is 2.16. The zero-order valence-electron chi connectivity index (χ0n) is 13.0. The van der Waals surface area contributed by atoms with Gasteiger partial charge in [-0.3, -0.25) is 4.79 Å². The van der Waals surface area contributed by atoms with E-state index in [9.17, 15) is 4.79 Å². The molecule has 0 spiro atoms. The summed E-state index contributed by atoms with van der Waals surface area (Å²) in [6.07, 6.45) is 2.52. The minimum atomic E-state index is -0.386. The molecule has 2 N–H and O–H groups in total. The molecule has 0 bridgehead atoms. The van der Waals surface area contributed by atoms with Crippen LogP contribution in [0.25, 0.3) is 0 Å². The molecule has 0 radical (unpaired) electrons. The summed E-state index contributed by atoms with van der Waals surface area (Å²) in [5.41, 5.74) is 1.84. The van der Waals surface area contributed by atoms with Gasteiger partial charge in [0.15, 0.2) is 0 Å². The van der Waals surface area contributed by atoms with Gasteiger partial charge in [0.05, 0.1) is 11.4 Å². The number of anilines is 1. The average molecular weight is 279 g/mol. The Bertz CT molecular complexity index is 449. The minimum Gasteiger partial charge on any atom is -0.352 e. The Balaban J connectivity index is 2.70. The van der Waals surface area contributed by atoms with Crippen LogP contribution in [-0.4, -0.2) is 33.2 Å². The fourth-order valence-electron chi connectivity index (χ4n) is 1.73. The molecule has 2 unspecified atom stereocenters. The SMILES string of the molecule is CCc1nnc(NC(C)C(=O)NC(C)CC)nc1CC. The second kappa shape index (κ2) is 7.77. The van der Waals surface area contributed by atoms with Crippen molar-refractivity contribution in [3.63, 3.8) is 0 Å². The van der Waals surface area contributed by atoms with Gasteiger partial charge >= 0.3 is 0 Å². The first kappa shape index (κ1) is 16.3. The topological polar surface area (TPSA) is 79.8 Å². The molecule has 112 valence electrons. The van der Waals surface area contributed by atoms with Crippen molar-refractivity contribution in [1.29, 1.82) is 0 Å². The van der Waals surface area contributed by atoms with Crippen LogP contribution in [0.5, 0.6) is 0 Å². The number of carbonyl (C=O) groups is 1. The molecule has 0 aromatic carbocycles. The van der Waals surface area contributed by atoms with E-state index in [4.69, 9.17) is 0 Å². The van der Waals surface area contributed by atoms with Crippen molar-refractivity contribution < 1.29 is 4.79 Å². The Morgan fingerprint density at radius 1 is 1.10 bits per heavy atom. The van der Waals surface area contributed by atoms with Crippen LogP contribution in [0.3, 0.4) is 0 Å². The van der Waals surface area contributed by atoms with E-state index in [2.05, 4.69) is 25.8 Å². The normalized spacial score (nSPS) is 13.7. The Kier molecular flexibility index (Phi) is 6.35. The first-order chi connectivity index (χ1) is 9.51. The lowest BCUT2D eigenvalue weighted by atomic mass is 10.2. The fourth-order valence-corrected chi connectivity index (χ4v) is 1.73. The fraction of sp³-hybridized carbons (Fsp3) is 0.714. The minimum absolute atomic E-state index is 0.0550. The van der Waals surface area contributed by atoms with E-state index < -0.39 is 0 Å². The van der Waals surface area contributed by atoms with Gasteiger partial charge in [-0.15, -0.1) is 5.10 Å². The van der Waals surface area contributed by atoms with Gasteiger partial charge in [0, 0.05) is 6.04 Å². The molecule has 1 aromatic heterocycles. The Morgan fingerprint density at radius 2 is 1.75 bits per heavy atom. The summed E-state index contributed by atoms with van der Waals surface area (Å²) in [4.78, 5) is 16.4. The molecule has 1 rings (SSSR count). The lowest BCUT2D eigenvalue weighted by molar-refractivity contribution is -0.122. The van der Waals surface area contributed by atoms with Gasteiger partial charge in [0.1, 0.15) is 6.04 Å². The molecule has 20 heavy (non-hydrogen) atoms. The van der Waals surface area contributed by atoms with Crippen molar-refractivity contribution >= 4 is 11.9 Å². The van der Waals surface area contributed by atoms with E-state index in [-0.39, 0.29) is 18.0 Å². The number of hydrogen-bond acceptors (Lipinski definition) is 5. The first-order valence-electron chi connectivity index (χ1n) is 7.31. The van der Waals surface area contributed by atoms with Crippen molar-refractivity contribution in [3.8, 4) is 0 Å². The molecule has 1 amide bonds. The molecule has 0 aliphatic heterocycles. The highest BCUT2D eigenvalue weighted by molar-refractivity contribution is 5.83. The summed E-state index contributed by atoms with van der Waals surface area (Å²) >= 11 is 0. The number of aromatic nitrogens is 3. The van der Waals surface area contributed by atoms with Crippen LogP contribution in [-0.2, 0) is 17.6 Å². The van der Waals surface area contributed by atoms with E-state index in [1.54, 1.807) is 6.92 Å². The highest BCUT2D eigenvalue weighted by atomic mass is 16.2. The van der Waals surface area contributed by atoms with Gasteiger partial charge in [-0.05, 0) is 33.1 Å². The van der Waals surface area contributed by atoms with Gasteiger partial charge in [0.25, 0.3) is 0 Å². The van der Waals surface area contributed by atoms with Gasteiger partial charge < -0.3 is 10.6 Å². The second-order valence-corrected chi connectivity index (χ2v) is 4.92. The summed E-state index contributed by atoms with van der Waals surface area (Å²) in [6, 6.07) is -0.220. The Hall–Kier alpha value is -1.72. The summed E-state index contributed by atoms with van der Waals surface area (Å²) < 4.78 is 0. The quantitative estimate of drug-likeness (QED) is 0.794. The number of rotatable bonds is 7. The number of hydrogen-bond donors (Lipinski definition) is 2. The predicted octanol–water partition coefficient (Wildman–Crippen LogP) is 1.71. The smallest absolute Gasteiger partial charge is 0.243 e. The van der Waals surface area contributed by atoms with Crippen LogP contribution in [0, 0.1) is 0 Å². The first-order valence-corrected chi connectivity index (χ1v) is 7.31. The highest BCUT2D eigenvalue weighted by Crippen LogP contribution is 2.07. The predicted molar refractivity (Wildman–Crippen MR) is 79.6 cm³/mol. The van der Waals surface area contributed by atoms with Crippen molar-refractivity contribution in [2.45, 2.75) is 66.0 Å². The van der Waals surface area contributed by atoms with Crippen LogP contribution in [0.4, 0.5) is 5.95 Å². The summed E-state index contributed by atoms with van der Waals surface area (Å²) in [5, 5.41) is 14.1. The Labute approximate surface area is 120 Å². The van der Waals surface area contributed by atoms with Gasteiger partial charge in [0.2, 0.25) is 11.9 Å². The van der Waals surface area contributed by atoms with Crippen molar-refractivity contribution in [2.24, 2.45) is 0 Å². The third-order valence-corrected chi connectivity index (χ3v) is 3.25. The zero-order chi connectivity index (χ0) is 15.1. The summed E-state index contributed by atoms with van der Waals surface area (Å²) in [7, 11) is 0. The van der Waals surface area contributed by atoms with Crippen LogP contribution < -0.4 is 10.6 Å². The molecule has 2 atom stereocenters. The van der Waals surface area contributed by atoms with Crippen molar-refractivity contribution in [3.05, 3.63) is 11.4 Å². The molecule has 0 aliphatic carbocycles. The number of nitrogens with one attached hydrogen (secondary N) is 2. The van der Waals surface area contributed by atoms with E-state index in [1.807, 2.05) is 27.7 Å². The standard InChI is InChI=1S/C14H25N5O/c1-6-9(4)15-13(20)10(5)16-14-17-11(7-2)12(8-3)18-19-14/h9-10H,6-8H2,1-5H3,(H,15,20)(H,16,17,19). The number of amides is 1. The van der Waals surface area contributed by atoms with Gasteiger partial charge in [-0.2, -0.15) is 5.10 Å². The number of carbonyl (C=O) groups excluding carboxylic acids is 1. The maximum absolute atomic E-state index is 11.9. The molecule has 0 saturated heterocycles. The van der Waals surface area contributed by atoms with Crippen LogP contribution in [0.1, 0.15) is 52.4 Å². The molecule has 1 heterocycles. The molecule has 6 nitrogen and oxygen atoms in total. The third kappa shape index (κ3) is 4.43. The molecule has 0 fully saturated rings. The van der Waals surface area contributed by atoms with Crippen LogP contribution in [0.2, 0.25) is 0 Å². The van der Waals surface area contributed by atoms with Crippen LogP contribution >= 0.6 is 0 Å². The molecular weight excluding hydrogens is 254 g/mol. The maximum atomic E-state index is 11.9. The van der Waals surface area contributed by atoms with E-state index in [0.29, 0.717) is 5.95 Å². The van der Waals surface area contributed by atoms with E-state index in [0.717, 1.165) is 30.7 Å². The third-order valence-electron chi connectivity index (χ3n) is 3.25. The lowest BCUT2D eigenvalue weighted by Crippen LogP contribution is -2.42. The van der Waals surface area contributed by atoms with E-state index >= 15 is 0 Å². The molecule has 1 aromatic rings. The summed E-state index contributed by atoms with van der Waals surface area (Å²) in [5.74, 6) is 0.353. The zero-order valence-corrected chi connectivity index (χ0v) is 13.0. The molecule has 6 heteroatoms. The monoisotopic (exact) mass is 279 g/mol. The second-order valence-electron chi connectivity index (χ2n) is 4.92. The maximum Gasteiger partial charge on any atom is 0.243 e. The van der Waals surface area contributed by atoms with Gasteiger partial charge in [-0.1, -0.05) is 20.8 Å². The Morgan fingerprint density at radius 3 is 2.30 bits per heavy atom. The molecular formula is C14H25N5O. The largest absolute Gasteiger partial charge is 0.352 e. The molecule has 0 saturated carbocycles. The van der Waals surface area contributed by atoms with Crippen molar-refractivity contribution in [1.82, 2.24) is 20.5 Å². The van der Waals surface area contributed by atoms with Gasteiger partial charge in [-0.25, -0.2) is 4.98 Å². The summed E-state index contributed by atoms with van der Waals surface area (Å²) in [6.45, 7) is 9.87. The number of aryl methyl sites for hydroxylation is 2. The molecule has 0 aliphatic rings. The number of nitrogens with zero attached hydrogens (tertiary/aromatic N) is 3. The lowest BCUT2D eigenvalue weighted by Gasteiger charge is -2.17. The van der Waals surface area contributed by atoms with E-state index in [1.165, 1.54) is 0 Å². The van der Waals surface area contributed by atoms with Crippen molar-refractivity contribution in [2.75, 3.05) is 5.32 Å². The van der Waals surface area contributed by atoms with Crippen LogP contribution in [0.15, 0.2) is 0 Å².